The van der Waals surface area contributed by atoms with Gasteiger partial charge in [-0.25, -0.2) is 0 Å². The minimum Gasteiger partial charge on any atom is -0.374 e. The van der Waals surface area contributed by atoms with E-state index in [1.54, 1.807) is 0 Å². The van der Waals surface area contributed by atoms with Crippen LogP contribution in [0.4, 0.5) is 0 Å². The highest BCUT2D eigenvalue weighted by atomic mass is 35.5. The van der Waals surface area contributed by atoms with Crippen LogP contribution in [0.25, 0.3) is 0 Å². The lowest BCUT2D eigenvalue weighted by molar-refractivity contribution is -0.121. The molecule has 1 fully saturated rings. The lowest BCUT2D eigenvalue weighted by Crippen LogP contribution is -2.46. The molecule has 2 rings (SSSR count). The van der Waals surface area contributed by atoms with Gasteiger partial charge in [-0.3, -0.25) is 4.79 Å². The van der Waals surface area contributed by atoms with Gasteiger partial charge in [0.15, 0.2) is 0 Å². The maximum atomic E-state index is 12.1. The monoisotopic (exact) mass is 339 g/mol. The zero-order chi connectivity index (χ0) is 16.7. The van der Waals surface area contributed by atoms with E-state index >= 15 is 0 Å². The van der Waals surface area contributed by atoms with Crippen molar-refractivity contribution in [3.05, 3.63) is 34.9 Å². The molecule has 0 saturated carbocycles. The predicted octanol–water partition coefficient (Wildman–Crippen LogP) is 1.83. The zero-order valence-corrected chi connectivity index (χ0v) is 14.6. The molecule has 128 valence electrons. The van der Waals surface area contributed by atoms with E-state index in [9.17, 15) is 4.79 Å². The Hall–Kier alpha value is -1.14. The van der Waals surface area contributed by atoms with Crippen molar-refractivity contribution in [3.8, 4) is 0 Å². The zero-order valence-electron chi connectivity index (χ0n) is 13.8. The number of carbonyl (C=O) groups is 1. The maximum Gasteiger partial charge on any atom is 0.234 e. The maximum absolute atomic E-state index is 12.1. The number of hydrogen-bond acceptors (Lipinski definition) is 4. The fourth-order valence-corrected chi connectivity index (χ4v) is 2.82. The van der Waals surface area contributed by atoms with Gasteiger partial charge in [0.2, 0.25) is 5.91 Å². The Bertz CT molecular complexity index is 495. The Morgan fingerprint density at radius 2 is 2.17 bits per heavy atom. The van der Waals surface area contributed by atoms with E-state index in [0.29, 0.717) is 18.1 Å². The molecule has 1 aliphatic heterocycles. The number of nitrogens with one attached hydrogen (secondary N) is 2. The molecule has 2 atom stereocenters. The molecule has 1 aromatic carbocycles. The Balaban J connectivity index is 1.73. The smallest absolute Gasteiger partial charge is 0.234 e. The number of rotatable bonds is 7. The molecule has 2 N–H and O–H groups in total. The molecule has 6 heteroatoms. The summed E-state index contributed by atoms with van der Waals surface area (Å²) in [4.78, 5) is 14.3. The van der Waals surface area contributed by atoms with E-state index in [2.05, 4.69) is 29.5 Å². The van der Waals surface area contributed by atoms with Gasteiger partial charge in [-0.15, -0.1) is 0 Å². The first-order valence-electron chi connectivity index (χ1n) is 8.14. The summed E-state index contributed by atoms with van der Waals surface area (Å²) in [6, 6.07) is 7.62. The first-order valence-corrected chi connectivity index (χ1v) is 8.52. The average Bonchev–Trinajstić information content (AvgIpc) is 2.54. The van der Waals surface area contributed by atoms with Crippen molar-refractivity contribution in [2.24, 2.45) is 0 Å². The van der Waals surface area contributed by atoms with Crippen molar-refractivity contribution in [2.75, 3.05) is 39.8 Å². The largest absolute Gasteiger partial charge is 0.374 e. The third-order valence-corrected chi connectivity index (χ3v) is 4.27. The molecule has 1 amide bonds. The van der Waals surface area contributed by atoms with Gasteiger partial charge in [-0.2, -0.15) is 0 Å². The molecule has 1 saturated heterocycles. The van der Waals surface area contributed by atoms with Crippen LogP contribution in [0, 0.1) is 0 Å². The summed E-state index contributed by atoms with van der Waals surface area (Å²) in [6.45, 7) is 5.67. The van der Waals surface area contributed by atoms with Crippen molar-refractivity contribution in [2.45, 2.75) is 25.5 Å². The molecule has 0 bridgehead atoms. The van der Waals surface area contributed by atoms with Crippen molar-refractivity contribution in [3.63, 3.8) is 0 Å². The van der Waals surface area contributed by atoms with Gasteiger partial charge in [-0.05, 0) is 31.2 Å². The highest BCUT2D eigenvalue weighted by Crippen LogP contribution is 2.18. The normalized spacial score (nSPS) is 20.2. The summed E-state index contributed by atoms with van der Waals surface area (Å²) in [5.74, 6) is -0.00374. The second-order valence-electron chi connectivity index (χ2n) is 5.97. The van der Waals surface area contributed by atoms with Gasteiger partial charge in [0, 0.05) is 24.7 Å². The van der Waals surface area contributed by atoms with Crippen LogP contribution in [-0.4, -0.2) is 56.7 Å². The second-order valence-corrected chi connectivity index (χ2v) is 6.40. The number of morpholine rings is 1. The van der Waals surface area contributed by atoms with Crippen LogP contribution >= 0.6 is 11.6 Å². The summed E-state index contributed by atoms with van der Waals surface area (Å²) in [5.41, 5.74) is 1.07. The molecule has 1 aliphatic rings. The molecule has 2 unspecified atom stereocenters. The molecule has 0 spiro atoms. The third-order valence-electron chi connectivity index (χ3n) is 4.02. The summed E-state index contributed by atoms with van der Waals surface area (Å²) < 4.78 is 5.66. The van der Waals surface area contributed by atoms with Crippen LogP contribution in [-0.2, 0) is 9.53 Å². The lowest BCUT2D eigenvalue weighted by atomic mass is 10.0. The summed E-state index contributed by atoms with van der Waals surface area (Å²) in [6.07, 6.45) is 0.990. The summed E-state index contributed by atoms with van der Waals surface area (Å²) >= 11 is 5.91. The van der Waals surface area contributed by atoms with Crippen molar-refractivity contribution in [1.82, 2.24) is 15.5 Å². The second kappa shape index (κ2) is 9.23. The van der Waals surface area contributed by atoms with Gasteiger partial charge < -0.3 is 20.3 Å². The Morgan fingerprint density at radius 3 is 2.83 bits per heavy atom. The first kappa shape index (κ1) is 18.2. The van der Waals surface area contributed by atoms with Crippen LogP contribution in [0.2, 0.25) is 5.02 Å². The Morgan fingerprint density at radius 1 is 1.43 bits per heavy atom. The highest BCUT2D eigenvalue weighted by Gasteiger charge is 2.18. The quantitative estimate of drug-likeness (QED) is 0.795. The van der Waals surface area contributed by atoms with Crippen molar-refractivity contribution < 1.29 is 9.53 Å². The Labute approximate surface area is 143 Å². The molecule has 1 heterocycles. The van der Waals surface area contributed by atoms with Gasteiger partial charge in [0.05, 0.1) is 25.3 Å². The minimum atomic E-state index is -0.00374. The molecule has 23 heavy (non-hydrogen) atoms. The van der Waals surface area contributed by atoms with Crippen LogP contribution < -0.4 is 10.6 Å². The molecule has 5 nitrogen and oxygen atoms in total. The van der Waals surface area contributed by atoms with E-state index in [1.807, 2.05) is 24.3 Å². The summed E-state index contributed by atoms with van der Waals surface area (Å²) in [7, 11) is 2.08. The molecular weight excluding hydrogens is 314 g/mol. The number of halogens is 1. The molecule has 0 radical (unpaired) electrons. The molecular formula is C17H26ClN3O2. The molecule has 0 aromatic heterocycles. The third kappa shape index (κ3) is 6.11. The van der Waals surface area contributed by atoms with Gasteiger partial charge >= 0.3 is 0 Å². The number of likely N-dealkylation sites (N-methyl/N-ethyl adjacent to an activating group) is 1. The van der Waals surface area contributed by atoms with Gasteiger partial charge in [0.1, 0.15) is 0 Å². The topological polar surface area (TPSA) is 53.6 Å². The van der Waals surface area contributed by atoms with Crippen LogP contribution in [0.15, 0.2) is 24.3 Å². The van der Waals surface area contributed by atoms with E-state index in [4.69, 9.17) is 16.3 Å². The van der Waals surface area contributed by atoms with Gasteiger partial charge in [0.25, 0.3) is 0 Å². The van der Waals surface area contributed by atoms with E-state index < -0.39 is 0 Å². The van der Waals surface area contributed by atoms with Crippen molar-refractivity contribution in [1.29, 1.82) is 0 Å². The summed E-state index contributed by atoms with van der Waals surface area (Å²) in [5, 5.41) is 6.94. The fraction of sp³-hybridized carbons (Fsp3) is 0.588. The van der Waals surface area contributed by atoms with Gasteiger partial charge in [-0.1, -0.05) is 30.7 Å². The van der Waals surface area contributed by atoms with E-state index in [-0.39, 0.29) is 18.1 Å². The average molecular weight is 340 g/mol. The predicted molar refractivity (Wildman–Crippen MR) is 92.7 cm³/mol. The number of benzene rings is 1. The number of hydrogen-bond donors (Lipinski definition) is 2. The fourth-order valence-electron chi connectivity index (χ4n) is 2.70. The van der Waals surface area contributed by atoms with E-state index in [1.165, 1.54) is 0 Å². The standard InChI is InChI=1S/C17H26ClN3O2/c1-3-16(13-4-6-14(18)7-5-13)20-17(22)11-19-10-15-12-21(2)8-9-23-15/h4-7,15-16,19H,3,8-12H2,1-2H3,(H,20,22). The molecule has 0 aliphatic carbocycles. The first-order chi connectivity index (χ1) is 11.1. The Kier molecular flexibility index (Phi) is 7.30. The number of nitrogens with zero attached hydrogens (tertiary/aromatic N) is 1. The van der Waals surface area contributed by atoms with Crippen LogP contribution in [0.1, 0.15) is 24.9 Å². The lowest BCUT2D eigenvalue weighted by Gasteiger charge is -2.30. The number of carbonyl (C=O) groups excluding carboxylic acids is 1. The van der Waals surface area contributed by atoms with Crippen LogP contribution in [0.5, 0.6) is 0 Å². The number of amides is 1. The van der Waals surface area contributed by atoms with E-state index in [0.717, 1.165) is 31.7 Å². The minimum absolute atomic E-state index is 0.00374. The van der Waals surface area contributed by atoms with Crippen molar-refractivity contribution >= 4 is 17.5 Å². The number of ether oxygens (including phenoxy) is 1. The molecule has 1 aromatic rings. The van der Waals surface area contributed by atoms with Crippen LogP contribution in [0.3, 0.4) is 0 Å². The highest BCUT2D eigenvalue weighted by molar-refractivity contribution is 6.30. The SMILES string of the molecule is CCC(NC(=O)CNCC1CN(C)CCO1)c1ccc(Cl)cc1.